The third-order valence-electron chi connectivity index (χ3n) is 3.91. The molecule has 0 saturated carbocycles. The van der Waals surface area contributed by atoms with Gasteiger partial charge in [0.1, 0.15) is 5.01 Å². The monoisotopic (exact) mass is 320 g/mol. The van der Waals surface area contributed by atoms with Crippen LogP contribution in [-0.4, -0.2) is 11.5 Å². The third-order valence-corrected chi connectivity index (χ3v) is 5.39. The smallest absolute Gasteiger partial charge is 0.115 e. The lowest BCUT2D eigenvalue weighted by molar-refractivity contribution is 0.592. The number of aromatic nitrogens is 1. The summed E-state index contributed by atoms with van der Waals surface area (Å²) >= 11 is 7.90. The van der Waals surface area contributed by atoms with Crippen LogP contribution in [0.25, 0.3) is 0 Å². The molecule has 1 N–H and O–H groups in total. The first-order chi connectivity index (χ1) is 10.3. The van der Waals surface area contributed by atoms with Crippen LogP contribution in [0.15, 0.2) is 24.3 Å². The van der Waals surface area contributed by atoms with Crippen LogP contribution in [0.4, 0.5) is 0 Å². The van der Waals surface area contributed by atoms with Crippen LogP contribution in [0.5, 0.6) is 0 Å². The van der Waals surface area contributed by atoms with Gasteiger partial charge in [0, 0.05) is 9.90 Å². The molecule has 0 aliphatic heterocycles. The summed E-state index contributed by atoms with van der Waals surface area (Å²) in [7, 11) is 0. The Kier molecular flexibility index (Phi) is 4.94. The van der Waals surface area contributed by atoms with E-state index in [1.165, 1.54) is 40.4 Å². The lowest BCUT2D eigenvalue weighted by atomic mass is 10.0. The third kappa shape index (κ3) is 3.47. The average Bonchev–Trinajstić information content (AvgIpc) is 2.93. The van der Waals surface area contributed by atoms with Crippen molar-refractivity contribution in [3.8, 4) is 0 Å². The summed E-state index contributed by atoms with van der Waals surface area (Å²) in [6, 6.07) is 8.33. The van der Waals surface area contributed by atoms with Gasteiger partial charge in [-0.2, -0.15) is 0 Å². The molecule has 4 heteroatoms. The summed E-state index contributed by atoms with van der Waals surface area (Å²) in [6.45, 7) is 3.19. The van der Waals surface area contributed by atoms with Crippen molar-refractivity contribution in [2.24, 2.45) is 0 Å². The molecule has 1 atom stereocenters. The van der Waals surface area contributed by atoms with E-state index in [1.807, 2.05) is 23.5 Å². The number of fused-ring (bicyclic) bond motifs is 1. The van der Waals surface area contributed by atoms with Crippen LogP contribution < -0.4 is 5.32 Å². The maximum atomic E-state index is 6.02. The molecule has 0 amide bonds. The first-order valence-corrected chi connectivity index (χ1v) is 8.94. The van der Waals surface area contributed by atoms with Crippen molar-refractivity contribution >= 4 is 22.9 Å². The Bertz CT molecular complexity index is 568. The highest BCUT2D eigenvalue weighted by Gasteiger charge is 2.21. The van der Waals surface area contributed by atoms with E-state index >= 15 is 0 Å². The van der Waals surface area contributed by atoms with E-state index in [0.717, 1.165) is 24.4 Å². The summed E-state index contributed by atoms with van der Waals surface area (Å²) in [4.78, 5) is 6.42. The van der Waals surface area contributed by atoms with Gasteiger partial charge in [-0.3, -0.25) is 0 Å². The van der Waals surface area contributed by atoms with Crippen LogP contribution >= 0.6 is 22.9 Å². The molecular weight excluding hydrogens is 300 g/mol. The van der Waals surface area contributed by atoms with Crippen molar-refractivity contribution in [3.63, 3.8) is 0 Å². The van der Waals surface area contributed by atoms with E-state index in [9.17, 15) is 0 Å². The van der Waals surface area contributed by atoms with E-state index in [2.05, 4.69) is 24.4 Å². The van der Waals surface area contributed by atoms with Gasteiger partial charge >= 0.3 is 0 Å². The number of thiazole rings is 1. The Balaban J connectivity index is 1.91. The zero-order valence-corrected chi connectivity index (χ0v) is 13.9. The van der Waals surface area contributed by atoms with E-state index in [4.69, 9.17) is 16.6 Å². The van der Waals surface area contributed by atoms with Crippen molar-refractivity contribution in [2.45, 2.75) is 45.1 Å². The first-order valence-electron chi connectivity index (χ1n) is 7.75. The number of aryl methyl sites for hydroxylation is 2. The second-order valence-corrected chi connectivity index (χ2v) is 7.12. The molecule has 0 radical (unpaired) electrons. The maximum Gasteiger partial charge on any atom is 0.115 e. The first kappa shape index (κ1) is 15.0. The van der Waals surface area contributed by atoms with Crippen molar-refractivity contribution < 1.29 is 0 Å². The minimum atomic E-state index is 0.192. The van der Waals surface area contributed by atoms with Gasteiger partial charge in [0.15, 0.2) is 0 Å². The van der Waals surface area contributed by atoms with Gasteiger partial charge < -0.3 is 5.32 Å². The summed E-state index contributed by atoms with van der Waals surface area (Å²) in [5, 5.41) is 5.63. The fourth-order valence-electron chi connectivity index (χ4n) is 2.79. The summed E-state index contributed by atoms with van der Waals surface area (Å²) in [6.07, 6.45) is 6.06. The van der Waals surface area contributed by atoms with Crippen molar-refractivity contribution in [2.75, 3.05) is 6.54 Å². The second-order valence-electron chi connectivity index (χ2n) is 5.57. The Morgan fingerprint density at radius 3 is 2.71 bits per heavy atom. The number of hydrogen-bond donors (Lipinski definition) is 1. The van der Waals surface area contributed by atoms with Crippen LogP contribution in [0.3, 0.4) is 0 Å². The predicted molar refractivity (Wildman–Crippen MR) is 90.3 cm³/mol. The van der Waals surface area contributed by atoms with Crippen LogP contribution in [-0.2, 0) is 12.8 Å². The lowest BCUT2D eigenvalue weighted by Crippen LogP contribution is -2.23. The van der Waals surface area contributed by atoms with Gasteiger partial charge in [0.05, 0.1) is 11.7 Å². The Morgan fingerprint density at radius 1 is 1.24 bits per heavy atom. The number of rotatable bonds is 5. The van der Waals surface area contributed by atoms with Crippen LogP contribution in [0.1, 0.15) is 53.4 Å². The quantitative estimate of drug-likeness (QED) is 0.858. The molecule has 1 aliphatic rings. The summed E-state index contributed by atoms with van der Waals surface area (Å²) in [5.74, 6) is 0. The van der Waals surface area contributed by atoms with Crippen LogP contribution in [0, 0.1) is 0 Å². The molecule has 1 unspecified atom stereocenters. The highest BCUT2D eigenvalue weighted by molar-refractivity contribution is 7.11. The van der Waals surface area contributed by atoms with E-state index in [1.54, 1.807) is 0 Å². The Labute approximate surface area is 135 Å². The van der Waals surface area contributed by atoms with Gasteiger partial charge in [-0.1, -0.05) is 30.7 Å². The number of hydrogen-bond acceptors (Lipinski definition) is 3. The predicted octanol–water partition coefficient (Wildman–Crippen LogP) is 4.76. The molecule has 2 aromatic rings. The molecule has 2 nitrogen and oxygen atoms in total. The molecule has 112 valence electrons. The Hall–Kier alpha value is -0.900. The van der Waals surface area contributed by atoms with Gasteiger partial charge in [0.25, 0.3) is 0 Å². The molecule has 1 aliphatic carbocycles. The fraction of sp³-hybridized carbons (Fsp3) is 0.471. The van der Waals surface area contributed by atoms with E-state index in [0.29, 0.717) is 0 Å². The standard InChI is InChI=1S/C17H21ClN2S/c1-2-11-19-16(12-7-9-13(18)10-8-12)17-20-14-5-3-4-6-15(14)21-17/h7-10,16,19H,2-6,11H2,1H3. The molecule has 1 aromatic heterocycles. The van der Waals surface area contributed by atoms with E-state index in [-0.39, 0.29) is 6.04 Å². The van der Waals surface area contributed by atoms with Crippen molar-refractivity contribution in [1.29, 1.82) is 0 Å². The molecule has 3 rings (SSSR count). The van der Waals surface area contributed by atoms with Gasteiger partial charge in [-0.25, -0.2) is 4.98 Å². The second kappa shape index (κ2) is 6.91. The van der Waals surface area contributed by atoms with Gasteiger partial charge in [-0.05, 0) is 56.3 Å². The highest BCUT2D eigenvalue weighted by Crippen LogP contribution is 2.32. The summed E-state index contributed by atoms with van der Waals surface area (Å²) < 4.78 is 0. The number of nitrogens with zero attached hydrogens (tertiary/aromatic N) is 1. The molecule has 0 fully saturated rings. The van der Waals surface area contributed by atoms with Gasteiger partial charge in [-0.15, -0.1) is 11.3 Å². The van der Waals surface area contributed by atoms with E-state index < -0.39 is 0 Å². The number of benzene rings is 1. The summed E-state index contributed by atoms with van der Waals surface area (Å²) in [5.41, 5.74) is 2.58. The molecule has 21 heavy (non-hydrogen) atoms. The minimum absolute atomic E-state index is 0.192. The molecule has 0 saturated heterocycles. The van der Waals surface area contributed by atoms with Gasteiger partial charge in [0.2, 0.25) is 0 Å². The number of halogens is 1. The molecule has 0 spiro atoms. The van der Waals surface area contributed by atoms with Crippen LogP contribution in [0.2, 0.25) is 5.02 Å². The fourth-order valence-corrected chi connectivity index (χ4v) is 4.17. The normalized spacial score (nSPS) is 15.7. The zero-order valence-electron chi connectivity index (χ0n) is 12.4. The lowest BCUT2D eigenvalue weighted by Gasteiger charge is -2.16. The molecular formula is C17H21ClN2S. The molecule has 0 bridgehead atoms. The van der Waals surface area contributed by atoms with Crippen molar-refractivity contribution in [1.82, 2.24) is 10.3 Å². The van der Waals surface area contributed by atoms with Crippen molar-refractivity contribution in [3.05, 3.63) is 50.4 Å². The SMILES string of the molecule is CCCNC(c1ccc(Cl)cc1)c1nc2c(s1)CCCC2. The largest absolute Gasteiger partial charge is 0.304 e. The Morgan fingerprint density at radius 2 is 2.00 bits per heavy atom. The topological polar surface area (TPSA) is 24.9 Å². The maximum absolute atomic E-state index is 6.02. The average molecular weight is 321 g/mol. The minimum Gasteiger partial charge on any atom is -0.304 e. The zero-order chi connectivity index (χ0) is 14.7. The molecule has 1 aromatic carbocycles. The highest BCUT2D eigenvalue weighted by atomic mass is 35.5. The number of nitrogens with one attached hydrogen (secondary N) is 1. The molecule has 1 heterocycles.